The summed E-state index contributed by atoms with van der Waals surface area (Å²) in [5, 5.41) is 6.66. The number of aromatic nitrogens is 3. The van der Waals surface area contributed by atoms with E-state index >= 15 is 0 Å². The zero-order valence-corrected chi connectivity index (χ0v) is 14.6. The summed E-state index contributed by atoms with van der Waals surface area (Å²) in [5.41, 5.74) is 0.896. The van der Waals surface area contributed by atoms with E-state index in [9.17, 15) is 4.79 Å². The number of rotatable bonds is 8. The molecule has 3 heterocycles. The number of nitrogens with zero attached hydrogens (tertiary/aromatic N) is 3. The molecule has 8 nitrogen and oxygen atoms in total. The van der Waals surface area contributed by atoms with Crippen molar-refractivity contribution in [1.29, 1.82) is 0 Å². The molecule has 1 amide bonds. The van der Waals surface area contributed by atoms with Gasteiger partial charge in [0.25, 0.3) is 0 Å². The molecule has 1 N–H and O–H groups in total. The maximum Gasteiger partial charge on any atom is 0.238 e. The van der Waals surface area contributed by atoms with Crippen LogP contribution in [-0.2, 0) is 17.8 Å². The van der Waals surface area contributed by atoms with Crippen molar-refractivity contribution in [3.05, 3.63) is 48.2 Å². The summed E-state index contributed by atoms with van der Waals surface area (Å²) in [7, 11) is 0. The number of hydrogen-bond acceptors (Lipinski definition) is 7. The SMILES string of the molecule is CC(C)Oc1ccc(CNC(=O)CCc2nc(-c3ccco3)no2)cn1. The highest BCUT2D eigenvalue weighted by Gasteiger charge is 2.12. The van der Waals surface area contributed by atoms with Crippen LogP contribution in [0, 0.1) is 0 Å². The second-order valence-electron chi connectivity index (χ2n) is 5.94. The van der Waals surface area contributed by atoms with Crippen molar-refractivity contribution < 1.29 is 18.5 Å². The number of ether oxygens (including phenoxy) is 1. The van der Waals surface area contributed by atoms with Crippen LogP contribution in [0.15, 0.2) is 45.7 Å². The number of furan rings is 1. The molecule has 0 saturated carbocycles. The topological polar surface area (TPSA) is 103 Å². The fourth-order valence-corrected chi connectivity index (χ4v) is 2.20. The highest BCUT2D eigenvalue weighted by atomic mass is 16.5. The number of nitrogens with one attached hydrogen (secondary N) is 1. The Kier molecular flexibility index (Phi) is 5.62. The van der Waals surface area contributed by atoms with Crippen LogP contribution in [0.3, 0.4) is 0 Å². The molecule has 3 aromatic heterocycles. The Bertz CT molecular complexity index is 825. The van der Waals surface area contributed by atoms with Crippen molar-refractivity contribution >= 4 is 5.91 Å². The zero-order valence-electron chi connectivity index (χ0n) is 14.6. The summed E-state index contributed by atoms with van der Waals surface area (Å²) in [6.45, 7) is 4.28. The van der Waals surface area contributed by atoms with Gasteiger partial charge in [-0.1, -0.05) is 11.2 Å². The summed E-state index contributed by atoms with van der Waals surface area (Å²) in [5.74, 6) is 1.76. The first-order valence-electron chi connectivity index (χ1n) is 8.35. The van der Waals surface area contributed by atoms with Gasteiger partial charge in [-0.3, -0.25) is 4.79 Å². The standard InChI is InChI=1S/C18H20N4O4/c1-12(2)25-16-7-5-13(11-20-16)10-19-15(23)6-8-17-21-18(22-26-17)14-4-3-9-24-14/h3-5,7,9,11-12H,6,8,10H2,1-2H3,(H,19,23). The largest absolute Gasteiger partial charge is 0.475 e. The van der Waals surface area contributed by atoms with Crippen LogP contribution in [0.2, 0.25) is 0 Å². The fraction of sp³-hybridized carbons (Fsp3) is 0.333. The summed E-state index contributed by atoms with van der Waals surface area (Å²) in [6.07, 6.45) is 3.91. The van der Waals surface area contributed by atoms with E-state index in [4.69, 9.17) is 13.7 Å². The molecule has 8 heteroatoms. The Hall–Kier alpha value is -3.16. The van der Waals surface area contributed by atoms with E-state index in [0.717, 1.165) is 5.56 Å². The Morgan fingerprint density at radius 1 is 1.31 bits per heavy atom. The van der Waals surface area contributed by atoms with Gasteiger partial charge in [-0.05, 0) is 31.5 Å². The van der Waals surface area contributed by atoms with Gasteiger partial charge in [0, 0.05) is 31.6 Å². The van der Waals surface area contributed by atoms with Crippen LogP contribution < -0.4 is 10.1 Å². The maximum absolute atomic E-state index is 12.0. The summed E-state index contributed by atoms with van der Waals surface area (Å²) in [4.78, 5) is 20.4. The molecule has 3 aromatic rings. The van der Waals surface area contributed by atoms with Crippen LogP contribution >= 0.6 is 0 Å². The first-order chi connectivity index (χ1) is 12.6. The lowest BCUT2D eigenvalue weighted by Gasteiger charge is -2.09. The normalized spacial score (nSPS) is 10.9. The highest BCUT2D eigenvalue weighted by molar-refractivity contribution is 5.76. The molecule has 136 valence electrons. The molecule has 0 radical (unpaired) electrons. The molecule has 0 aliphatic rings. The molecular weight excluding hydrogens is 336 g/mol. The lowest BCUT2D eigenvalue weighted by Crippen LogP contribution is -2.23. The van der Waals surface area contributed by atoms with E-state index in [2.05, 4.69) is 20.4 Å². The van der Waals surface area contributed by atoms with Crippen LogP contribution in [0.25, 0.3) is 11.6 Å². The first-order valence-corrected chi connectivity index (χ1v) is 8.35. The number of amides is 1. The Morgan fingerprint density at radius 3 is 2.88 bits per heavy atom. The van der Waals surface area contributed by atoms with Gasteiger partial charge < -0.3 is 19.0 Å². The Balaban J connectivity index is 1.43. The number of aryl methyl sites for hydroxylation is 1. The summed E-state index contributed by atoms with van der Waals surface area (Å²) < 4.78 is 15.8. The smallest absolute Gasteiger partial charge is 0.238 e. The number of carbonyl (C=O) groups excluding carboxylic acids is 1. The second kappa shape index (κ2) is 8.28. The minimum absolute atomic E-state index is 0.0750. The minimum Gasteiger partial charge on any atom is -0.475 e. The molecule has 0 aliphatic heterocycles. The van der Waals surface area contributed by atoms with Gasteiger partial charge in [-0.15, -0.1) is 0 Å². The van der Waals surface area contributed by atoms with E-state index in [0.29, 0.717) is 36.3 Å². The van der Waals surface area contributed by atoms with Crippen molar-refractivity contribution in [2.75, 3.05) is 0 Å². The van der Waals surface area contributed by atoms with Gasteiger partial charge in [0.05, 0.1) is 12.4 Å². The molecule has 0 aliphatic carbocycles. The molecule has 0 spiro atoms. The third kappa shape index (κ3) is 4.92. The van der Waals surface area contributed by atoms with Gasteiger partial charge >= 0.3 is 0 Å². The quantitative estimate of drug-likeness (QED) is 0.662. The molecule has 0 aromatic carbocycles. The summed E-state index contributed by atoms with van der Waals surface area (Å²) in [6, 6.07) is 7.15. The Morgan fingerprint density at radius 2 is 2.19 bits per heavy atom. The highest BCUT2D eigenvalue weighted by Crippen LogP contribution is 2.16. The van der Waals surface area contributed by atoms with Crippen LogP contribution in [0.5, 0.6) is 5.88 Å². The van der Waals surface area contributed by atoms with E-state index in [1.54, 1.807) is 24.4 Å². The molecule has 26 heavy (non-hydrogen) atoms. The van der Waals surface area contributed by atoms with E-state index in [-0.39, 0.29) is 18.4 Å². The van der Waals surface area contributed by atoms with E-state index < -0.39 is 0 Å². The van der Waals surface area contributed by atoms with E-state index in [1.165, 1.54) is 6.26 Å². The zero-order chi connectivity index (χ0) is 18.4. The maximum atomic E-state index is 12.0. The van der Waals surface area contributed by atoms with E-state index in [1.807, 2.05) is 19.9 Å². The minimum atomic E-state index is -0.106. The van der Waals surface area contributed by atoms with Crippen LogP contribution in [0.4, 0.5) is 0 Å². The predicted molar refractivity (Wildman–Crippen MR) is 92.2 cm³/mol. The lowest BCUT2D eigenvalue weighted by atomic mass is 10.2. The van der Waals surface area contributed by atoms with Crippen molar-refractivity contribution in [1.82, 2.24) is 20.4 Å². The van der Waals surface area contributed by atoms with Crippen molar-refractivity contribution in [3.8, 4) is 17.5 Å². The fourth-order valence-electron chi connectivity index (χ4n) is 2.20. The van der Waals surface area contributed by atoms with Gasteiger partial charge in [-0.2, -0.15) is 4.98 Å². The molecule has 0 bridgehead atoms. The number of hydrogen-bond donors (Lipinski definition) is 1. The predicted octanol–water partition coefficient (Wildman–Crippen LogP) is 2.76. The average Bonchev–Trinajstić information content (AvgIpc) is 3.30. The molecule has 0 fully saturated rings. The third-order valence-electron chi connectivity index (χ3n) is 3.42. The van der Waals surface area contributed by atoms with Crippen molar-refractivity contribution in [3.63, 3.8) is 0 Å². The molecular formula is C18H20N4O4. The van der Waals surface area contributed by atoms with Crippen LogP contribution in [-0.4, -0.2) is 27.1 Å². The van der Waals surface area contributed by atoms with Crippen molar-refractivity contribution in [2.24, 2.45) is 0 Å². The molecule has 0 saturated heterocycles. The first kappa shape index (κ1) is 17.7. The summed E-state index contributed by atoms with van der Waals surface area (Å²) >= 11 is 0. The Labute approximate surface area is 150 Å². The molecule has 3 rings (SSSR count). The number of pyridine rings is 1. The third-order valence-corrected chi connectivity index (χ3v) is 3.42. The monoisotopic (exact) mass is 356 g/mol. The lowest BCUT2D eigenvalue weighted by molar-refractivity contribution is -0.121. The number of carbonyl (C=O) groups is 1. The van der Waals surface area contributed by atoms with Crippen molar-refractivity contribution in [2.45, 2.75) is 39.3 Å². The second-order valence-corrected chi connectivity index (χ2v) is 5.94. The average molecular weight is 356 g/mol. The van der Waals surface area contributed by atoms with Gasteiger partial charge in [-0.25, -0.2) is 4.98 Å². The molecule has 0 atom stereocenters. The van der Waals surface area contributed by atoms with Gasteiger partial charge in [0.2, 0.25) is 23.5 Å². The van der Waals surface area contributed by atoms with Gasteiger partial charge in [0.1, 0.15) is 0 Å². The van der Waals surface area contributed by atoms with Gasteiger partial charge in [0.15, 0.2) is 5.76 Å². The van der Waals surface area contributed by atoms with Crippen LogP contribution in [0.1, 0.15) is 31.7 Å². The molecule has 0 unspecified atom stereocenters.